The molecule has 1 aliphatic heterocycles. The maximum atomic E-state index is 6.07. The van der Waals surface area contributed by atoms with E-state index < -0.39 is 0 Å². The fourth-order valence-electron chi connectivity index (χ4n) is 3.43. The average molecular weight is 334 g/mol. The van der Waals surface area contributed by atoms with Crippen molar-refractivity contribution in [2.75, 3.05) is 6.54 Å². The van der Waals surface area contributed by atoms with Crippen molar-refractivity contribution >= 4 is 0 Å². The van der Waals surface area contributed by atoms with Gasteiger partial charge in [-0.05, 0) is 41.0 Å². The number of benzene rings is 2. The van der Waals surface area contributed by atoms with E-state index in [1.54, 1.807) is 6.26 Å². The van der Waals surface area contributed by atoms with Crippen LogP contribution in [0.5, 0.6) is 5.75 Å². The van der Waals surface area contributed by atoms with Gasteiger partial charge >= 0.3 is 0 Å². The van der Waals surface area contributed by atoms with Gasteiger partial charge in [-0.1, -0.05) is 36.4 Å². The van der Waals surface area contributed by atoms with Crippen LogP contribution in [-0.4, -0.2) is 11.4 Å². The Bertz CT molecular complexity index is 815. The summed E-state index contributed by atoms with van der Waals surface area (Å²) >= 11 is 0. The number of ether oxygens (including phenoxy) is 1. The summed E-state index contributed by atoms with van der Waals surface area (Å²) < 4.78 is 11.5. The van der Waals surface area contributed by atoms with Crippen molar-refractivity contribution < 1.29 is 9.15 Å². The van der Waals surface area contributed by atoms with Crippen LogP contribution >= 0.6 is 0 Å². The second-order valence-corrected chi connectivity index (χ2v) is 6.37. The van der Waals surface area contributed by atoms with Crippen LogP contribution in [0.25, 0.3) is 0 Å². The van der Waals surface area contributed by atoms with Crippen molar-refractivity contribution in [1.82, 2.24) is 4.90 Å². The molecule has 0 saturated carbocycles. The molecule has 4 nitrogen and oxygen atoms in total. The molecule has 1 aromatic heterocycles. The third-order valence-electron chi connectivity index (χ3n) is 4.70. The highest BCUT2D eigenvalue weighted by Crippen LogP contribution is 2.36. The van der Waals surface area contributed by atoms with Gasteiger partial charge in [0.25, 0.3) is 0 Å². The minimum absolute atomic E-state index is 0.195. The van der Waals surface area contributed by atoms with Crippen LogP contribution in [0.3, 0.4) is 0 Å². The number of fused-ring (bicyclic) bond motifs is 1. The molecule has 0 amide bonds. The predicted octanol–water partition coefficient (Wildman–Crippen LogP) is 3.87. The lowest BCUT2D eigenvalue weighted by Crippen LogP contribution is -2.27. The molecule has 25 heavy (non-hydrogen) atoms. The number of nitrogens with zero attached hydrogens (tertiary/aromatic N) is 1. The van der Waals surface area contributed by atoms with E-state index in [4.69, 9.17) is 14.9 Å². The smallest absolute Gasteiger partial charge is 0.120 e. The fourth-order valence-corrected chi connectivity index (χ4v) is 3.43. The van der Waals surface area contributed by atoms with Crippen molar-refractivity contribution in [3.05, 3.63) is 89.4 Å². The first kappa shape index (κ1) is 15.9. The third kappa shape index (κ3) is 3.45. The number of nitrogens with two attached hydrogens (primary N) is 1. The third-order valence-corrected chi connectivity index (χ3v) is 4.70. The van der Waals surface area contributed by atoms with Gasteiger partial charge in [0.1, 0.15) is 18.1 Å². The first-order valence-corrected chi connectivity index (χ1v) is 8.59. The van der Waals surface area contributed by atoms with Gasteiger partial charge in [-0.15, -0.1) is 0 Å². The first-order valence-electron chi connectivity index (χ1n) is 8.59. The van der Waals surface area contributed by atoms with Crippen LogP contribution in [0.1, 0.15) is 28.5 Å². The summed E-state index contributed by atoms with van der Waals surface area (Å²) in [7, 11) is 0. The predicted molar refractivity (Wildman–Crippen MR) is 97.0 cm³/mol. The Labute approximate surface area is 147 Å². The van der Waals surface area contributed by atoms with E-state index in [1.165, 1.54) is 11.1 Å². The molecule has 0 aliphatic carbocycles. The molecule has 4 rings (SSSR count). The van der Waals surface area contributed by atoms with Gasteiger partial charge < -0.3 is 14.9 Å². The van der Waals surface area contributed by atoms with Crippen molar-refractivity contribution in [3.8, 4) is 5.75 Å². The summed E-state index contributed by atoms with van der Waals surface area (Å²) in [5.41, 5.74) is 9.81. The quantitative estimate of drug-likeness (QED) is 0.743. The summed E-state index contributed by atoms with van der Waals surface area (Å²) in [6.45, 7) is 2.81. The van der Waals surface area contributed by atoms with E-state index in [1.807, 2.05) is 36.4 Å². The van der Waals surface area contributed by atoms with Gasteiger partial charge in [-0.25, -0.2) is 0 Å². The zero-order chi connectivity index (χ0) is 17.1. The summed E-state index contributed by atoms with van der Waals surface area (Å²) in [4.78, 5) is 2.35. The van der Waals surface area contributed by atoms with Gasteiger partial charge in [-0.2, -0.15) is 0 Å². The molecule has 1 aliphatic rings. The van der Waals surface area contributed by atoms with Gasteiger partial charge in [-0.3, -0.25) is 4.90 Å². The molecule has 0 spiro atoms. The maximum absolute atomic E-state index is 6.07. The van der Waals surface area contributed by atoms with E-state index >= 15 is 0 Å². The molecule has 2 N–H and O–H groups in total. The van der Waals surface area contributed by atoms with Crippen molar-refractivity contribution in [3.63, 3.8) is 0 Å². The number of furan rings is 1. The maximum Gasteiger partial charge on any atom is 0.120 e. The topological polar surface area (TPSA) is 51.6 Å². The van der Waals surface area contributed by atoms with E-state index in [0.29, 0.717) is 13.2 Å². The number of rotatable bonds is 6. The zero-order valence-corrected chi connectivity index (χ0v) is 14.1. The number of hydrogen-bond acceptors (Lipinski definition) is 4. The van der Waals surface area contributed by atoms with Gasteiger partial charge in [0.2, 0.25) is 0 Å². The molecule has 4 heteroatoms. The second kappa shape index (κ2) is 7.13. The van der Waals surface area contributed by atoms with Crippen molar-refractivity contribution in [2.24, 2.45) is 5.73 Å². The van der Waals surface area contributed by atoms with Crippen LogP contribution < -0.4 is 10.5 Å². The highest BCUT2D eigenvalue weighted by Gasteiger charge is 2.30. The molecule has 3 aromatic rings. The van der Waals surface area contributed by atoms with Crippen LogP contribution in [0.15, 0.2) is 71.3 Å². The Morgan fingerprint density at radius 1 is 1.08 bits per heavy atom. The Hall–Kier alpha value is -2.56. The lowest BCUT2D eigenvalue weighted by atomic mass is 10.0. The molecule has 1 unspecified atom stereocenters. The highest BCUT2D eigenvalue weighted by molar-refractivity contribution is 5.41. The molecule has 0 saturated heterocycles. The van der Waals surface area contributed by atoms with E-state index in [0.717, 1.165) is 30.2 Å². The Morgan fingerprint density at radius 3 is 2.72 bits per heavy atom. The zero-order valence-electron chi connectivity index (χ0n) is 14.1. The van der Waals surface area contributed by atoms with Crippen LogP contribution in [-0.2, 0) is 19.7 Å². The molecular weight excluding hydrogens is 312 g/mol. The first-order chi connectivity index (χ1) is 12.3. The Kier molecular flexibility index (Phi) is 4.55. The van der Waals surface area contributed by atoms with E-state index in [9.17, 15) is 0 Å². The summed E-state index contributed by atoms with van der Waals surface area (Å²) in [6.07, 6.45) is 1.71. The minimum Gasteiger partial charge on any atom is -0.489 e. The summed E-state index contributed by atoms with van der Waals surface area (Å²) in [5.74, 6) is 1.85. The lowest BCUT2D eigenvalue weighted by molar-refractivity contribution is 0.194. The molecular formula is C21H22N2O2. The molecule has 0 fully saturated rings. The van der Waals surface area contributed by atoms with Crippen LogP contribution in [0, 0.1) is 0 Å². The second-order valence-electron chi connectivity index (χ2n) is 6.37. The highest BCUT2D eigenvalue weighted by atomic mass is 16.5. The van der Waals surface area contributed by atoms with Crippen LogP contribution in [0.4, 0.5) is 0 Å². The Morgan fingerprint density at radius 2 is 1.96 bits per heavy atom. The lowest BCUT2D eigenvalue weighted by Gasteiger charge is -2.22. The Balaban J connectivity index is 1.49. The van der Waals surface area contributed by atoms with Gasteiger partial charge in [0.05, 0.1) is 12.8 Å². The monoisotopic (exact) mass is 334 g/mol. The van der Waals surface area contributed by atoms with Gasteiger partial charge in [0, 0.05) is 19.1 Å². The molecule has 128 valence electrons. The average Bonchev–Trinajstić information content (AvgIpc) is 3.28. The minimum atomic E-state index is 0.195. The van der Waals surface area contributed by atoms with Crippen LogP contribution in [0.2, 0.25) is 0 Å². The summed E-state index contributed by atoms with van der Waals surface area (Å²) in [6, 6.07) is 20.7. The normalized spacial score (nSPS) is 16.8. The molecule has 2 heterocycles. The van der Waals surface area contributed by atoms with E-state index in [-0.39, 0.29) is 6.04 Å². The summed E-state index contributed by atoms with van der Waals surface area (Å²) in [5, 5.41) is 0. The number of hydrogen-bond donors (Lipinski definition) is 1. The van der Waals surface area contributed by atoms with E-state index in [2.05, 4.69) is 29.2 Å². The molecule has 0 radical (unpaired) electrons. The fraction of sp³-hybridized carbons (Fsp3) is 0.238. The standard InChI is InChI=1S/C21H22N2O2/c22-12-21-20-11-18(25-15-16-5-2-1-3-6-16)9-8-17(20)13-23(21)14-19-7-4-10-24-19/h1-11,21H,12-15,22H2. The van der Waals surface area contributed by atoms with Crippen molar-refractivity contribution in [1.29, 1.82) is 0 Å². The molecule has 1 atom stereocenters. The largest absolute Gasteiger partial charge is 0.489 e. The SMILES string of the molecule is NCC1c2cc(OCc3ccccc3)ccc2CN1Cc1ccco1. The molecule has 2 aromatic carbocycles. The van der Waals surface area contributed by atoms with Gasteiger partial charge in [0.15, 0.2) is 0 Å². The van der Waals surface area contributed by atoms with Crippen molar-refractivity contribution in [2.45, 2.75) is 25.7 Å². The molecule has 0 bridgehead atoms.